The van der Waals surface area contributed by atoms with Crippen molar-refractivity contribution in [1.82, 2.24) is 4.90 Å². The molecule has 1 amide bonds. The molecule has 2 rings (SSSR count). The summed E-state index contributed by atoms with van der Waals surface area (Å²) >= 11 is 0. The molecule has 0 aromatic heterocycles. The van der Waals surface area contributed by atoms with E-state index in [2.05, 4.69) is 6.07 Å². The summed E-state index contributed by atoms with van der Waals surface area (Å²) in [5, 5.41) is 9.99. The molecule has 1 aliphatic rings. The van der Waals surface area contributed by atoms with Gasteiger partial charge in [-0.15, -0.1) is 0 Å². The van der Waals surface area contributed by atoms with Gasteiger partial charge in [0.05, 0.1) is 6.54 Å². The second-order valence-corrected chi connectivity index (χ2v) is 6.07. The zero-order chi connectivity index (χ0) is 14.2. The minimum absolute atomic E-state index is 0.267. The monoisotopic (exact) mass is 263 g/mol. The van der Waals surface area contributed by atoms with Crippen LogP contribution in [0.4, 0.5) is 4.79 Å². The largest absolute Gasteiger partial charge is 0.508 e. The van der Waals surface area contributed by atoms with E-state index in [1.165, 1.54) is 0 Å². The number of aryl methyl sites for hydroxylation is 1. The van der Waals surface area contributed by atoms with Crippen LogP contribution in [0.2, 0.25) is 0 Å². The van der Waals surface area contributed by atoms with Gasteiger partial charge < -0.3 is 14.7 Å². The summed E-state index contributed by atoms with van der Waals surface area (Å²) in [5.74, 6) is 0.267. The quantitative estimate of drug-likeness (QED) is 0.782. The van der Waals surface area contributed by atoms with E-state index in [-0.39, 0.29) is 11.8 Å². The van der Waals surface area contributed by atoms with Crippen molar-refractivity contribution >= 4 is 6.09 Å². The highest BCUT2D eigenvalue weighted by Gasteiger charge is 2.27. The zero-order valence-corrected chi connectivity index (χ0v) is 12.0. The van der Waals surface area contributed by atoms with E-state index in [0.29, 0.717) is 13.1 Å². The second kappa shape index (κ2) is 4.76. The van der Waals surface area contributed by atoms with Crippen LogP contribution in [0.5, 0.6) is 5.75 Å². The number of ether oxygens (including phenoxy) is 1. The molecule has 1 aromatic carbocycles. The normalized spacial score (nSPS) is 15.1. The van der Waals surface area contributed by atoms with Crippen molar-refractivity contribution in [2.75, 3.05) is 6.54 Å². The zero-order valence-electron chi connectivity index (χ0n) is 12.0. The molecule has 1 N–H and O–H groups in total. The van der Waals surface area contributed by atoms with Crippen molar-refractivity contribution in [3.05, 3.63) is 28.8 Å². The number of aromatic hydroxyl groups is 1. The number of hydrogen-bond donors (Lipinski definition) is 1. The van der Waals surface area contributed by atoms with E-state index < -0.39 is 5.60 Å². The molecule has 0 saturated heterocycles. The Morgan fingerprint density at radius 2 is 2.05 bits per heavy atom. The number of benzene rings is 1. The second-order valence-electron chi connectivity index (χ2n) is 6.07. The van der Waals surface area contributed by atoms with Crippen LogP contribution in [-0.2, 0) is 17.7 Å². The molecule has 1 aromatic rings. The van der Waals surface area contributed by atoms with Gasteiger partial charge in [0.1, 0.15) is 11.4 Å². The Balaban J connectivity index is 2.16. The fourth-order valence-electron chi connectivity index (χ4n) is 2.28. The molecule has 19 heavy (non-hydrogen) atoms. The van der Waals surface area contributed by atoms with Crippen LogP contribution in [0, 0.1) is 6.92 Å². The standard InChI is InChI=1S/C15H21NO3/c1-10-7-11-5-6-16(9-12(11)13(17)8-10)14(18)19-15(2,3)4/h7-8,17H,5-6,9H2,1-4H3. The Morgan fingerprint density at radius 3 is 2.68 bits per heavy atom. The smallest absolute Gasteiger partial charge is 0.410 e. The molecule has 0 spiro atoms. The van der Waals surface area contributed by atoms with Crippen LogP contribution in [0.15, 0.2) is 12.1 Å². The molecule has 0 atom stereocenters. The molecule has 0 radical (unpaired) electrons. The lowest BCUT2D eigenvalue weighted by Crippen LogP contribution is -2.39. The van der Waals surface area contributed by atoms with Gasteiger partial charge in [0.2, 0.25) is 0 Å². The summed E-state index contributed by atoms with van der Waals surface area (Å²) in [6, 6.07) is 3.80. The molecular weight excluding hydrogens is 242 g/mol. The third-order valence-corrected chi connectivity index (χ3v) is 3.11. The number of rotatable bonds is 0. The van der Waals surface area contributed by atoms with Gasteiger partial charge in [-0.05, 0) is 51.3 Å². The van der Waals surface area contributed by atoms with Crippen LogP contribution >= 0.6 is 0 Å². The van der Waals surface area contributed by atoms with E-state index in [1.807, 2.05) is 27.7 Å². The summed E-state index contributed by atoms with van der Waals surface area (Å²) in [6.07, 6.45) is 0.433. The summed E-state index contributed by atoms with van der Waals surface area (Å²) in [5.41, 5.74) is 2.51. The predicted octanol–water partition coefficient (Wildman–Crippen LogP) is 2.99. The van der Waals surface area contributed by atoms with E-state index in [0.717, 1.165) is 23.1 Å². The minimum Gasteiger partial charge on any atom is -0.508 e. The highest BCUT2D eigenvalue weighted by molar-refractivity contribution is 5.69. The molecule has 0 saturated carbocycles. The van der Waals surface area contributed by atoms with Crippen LogP contribution in [-0.4, -0.2) is 28.2 Å². The number of phenols is 1. The van der Waals surface area contributed by atoms with Crippen LogP contribution in [0.25, 0.3) is 0 Å². The molecule has 0 unspecified atom stereocenters. The Kier molecular flexibility index (Phi) is 3.43. The van der Waals surface area contributed by atoms with Crippen molar-refractivity contribution in [2.45, 2.75) is 46.3 Å². The first-order chi connectivity index (χ1) is 8.76. The summed E-state index contributed by atoms with van der Waals surface area (Å²) < 4.78 is 5.36. The van der Waals surface area contributed by atoms with Crippen molar-refractivity contribution in [2.24, 2.45) is 0 Å². The van der Waals surface area contributed by atoms with Gasteiger partial charge in [0.15, 0.2) is 0 Å². The number of carbonyl (C=O) groups is 1. The number of nitrogens with zero attached hydrogens (tertiary/aromatic N) is 1. The van der Waals surface area contributed by atoms with E-state index >= 15 is 0 Å². The number of fused-ring (bicyclic) bond motifs is 1. The number of carbonyl (C=O) groups excluding carboxylic acids is 1. The maximum atomic E-state index is 12.0. The van der Waals surface area contributed by atoms with Gasteiger partial charge in [0, 0.05) is 12.1 Å². The average Bonchev–Trinajstić information content (AvgIpc) is 2.25. The molecule has 0 fully saturated rings. The topological polar surface area (TPSA) is 49.8 Å². The van der Waals surface area contributed by atoms with E-state index in [4.69, 9.17) is 4.74 Å². The summed E-state index contributed by atoms with van der Waals surface area (Å²) in [6.45, 7) is 8.55. The summed E-state index contributed by atoms with van der Waals surface area (Å²) in [7, 11) is 0. The Labute approximate surface area is 114 Å². The number of phenolic OH excluding ortho intramolecular Hbond substituents is 1. The fourth-order valence-corrected chi connectivity index (χ4v) is 2.28. The van der Waals surface area contributed by atoms with Crippen molar-refractivity contribution in [3.8, 4) is 5.75 Å². The Bertz CT molecular complexity index is 503. The van der Waals surface area contributed by atoms with Crippen molar-refractivity contribution < 1.29 is 14.6 Å². The van der Waals surface area contributed by atoms with Crippen molar-refractivity contribution in [1.29, 1.82) is 0 Å². The maximum absolute atomic E-state index is 12.0. The minimum atomic E-state index is -0.493. The lowest BCUT2D eigenvalue weighted by atomic mass is 9.97. The molecule has 4 nitrogen and oxygen atoms in total. The van der Waals surface area contributed by atoms with Crippen LogP contribution in [0.3, 0.4) is 0 Å². The number of amides is 1. The van der Waals surface area contributed by atoms with Gasteiger partial charge >= 0.3 is 6.09 Å². The first kappa shape index (κ1) is 13.7. The van der Waals surface area contributed by atoms with Gasteiger partial charge in [-0.2, -0.15) is 0 Å². The van der Waals surface area contributed by atoms with Gasteiger partial charge in [-0.1, -0.05) is 6.07 Å². The lowest BCUT2D eigenvalue weighted by Gasteiger charge is -2.31. The van der Waals surface area contributed by atoms with Gasteiger partial charge in [0.25, 0.3) is 0 Å². The third kappa shape index (κ3) is 3.19. The molecule has 1 heterocycles. The molecule has 4 heteroatoms. The molecule has 1 aliphatic heterocycles. The van der Waals surface area contributed by atoms with Gasteiger partial charge in [-0.3, -0.25) is 0 Å². The summed E-state index contributed by atoms with van der Waals surface area (Å²) in [4.78, 5) is 13.7. The number of hydrogen-bond acceptors (Lipinski definition) is 3. The molecule has 104 valence electrons. The predicted molar refractivity (Wildman–Crippen MR) is 73.2 cm³/mol. The molecule has 0 bridgehead atoms. The SMILES string of the molecule is Cc1cc(O)c2c(c1)CCN(C(=O)OC(C)(C)C)C2. The highest BCUT2D eigenvalue weighted by atomic mass is 16.6. The molecular formula is C15H21NO3. The highest BCUT2D eigenvalue weighted by Crippen LogP contribution is 2.29. The lowest BCUT2D eigenvalue weighted by molar-refractivity contribution is 0.0223. The van der Waals surface area contributed by atoms with Crippen LogP contribution < -0.4 is 0 Å². The van der Waals surface area contributed by atoms with E-state index in [9.17, 15) is 9.90 Å². The van der Waals surface area contributed by atoms with Gasteiger partial charge in [-0.25, -0.2) is 4.79 Å². The van der Waals surface area contributed by atoms with Crippen LogP contribution in [0.1, 0.15) is 37.5 Å². The average molecular weight is 263 g/mol. The van der Waals surface area contributed by atoms with E-state index in [1.54, 1.807) is 11.0 Å². The third-order valence-electron chi connectivity index (χ3n) is 3.11. The Morgan fingerprint density at radius 1 is 1.37 bits per heavy atom. The first-order valence-electron chi connectivity index (χ1n) is 6.55. The fraction of sp³-hybridized carbons (Fsp3) is 0.533. The maximum Gasteiger partial charge on any atom is 0.410 e. The van der Waals surface area contributed by atoms with Crippen molar-refractivity contribution in [3.63, 3.8) is 0 Å². The first-order valence-corrected chi connectivity index (χ1v) is 6.55. The molecule has 0 aliphatic carbocycles. The Hall–Kier alpha value is -1.71.